The second-order valence-electron chi connectivity index (χ2n) is 9.78. The number of rotatable bonds is 7. The first-order valence-corrected chi connectivity index (χ1v) is 12.6. The minimum Gasteiger partial charge on any atom is -0.493 e. The van der Waals surface area contributed by atoms with Gasteiger partial charge in [0.2, 0.25) is 0 Å². The van der Waals surface area contributed by atoms with Crippen LogP contribution in [0.3, 0.4) is 0 Å². The first-order chi connectivity index (χ1) is 17.3. The van der Waals surface area contributed by atoms with Gasteiger partial charge in [0.05, 0.1) is 20.3 Å². The van der Waals surface area contributed by atoms with Gasteiger partial charge in [-0.1, -0.05) is 42.8 Å². The summed E-state index contributed by atoms with van der Waals surface area (Å²) in [6.45, 7) is 7.77. The van der Waals surface area contributed by atoms with Crippen LogP contribution in [0.25, 0.3) is 0 Å². The van der Waals surface area contributed by atoms with Crippen molar-refractivity contribution < 1.29 is 23.8 Å². The molecule has 0 amide bonds. The van der Waals surface area contributed by atoms with Crippen molar-refractivity contribution in [2.45, 2.75) is 64.9 Å². The van der Waals surface area contributed by atoms with E-state index in [9.17, 15) is 9.59 Å². The average molecular weight is 490 g/mol. The average Bonchev–Trinajstić information content (AvgIpc) is 2.87. The second-order valence-corrected chi connectivity index (χ2v) is 9.78. The summed E-state index contributed by atoms with van der Waals surface area (Å²) in [5, 5.41) is 0. The normalized spacial score (nSPS) is 22.4. The lowest BCUT2D eigenvalue weighted by Gasteiger charge is -2.37. The van der Waals surface area contributed by atoms with E-state index in [1.54, 1.807) is 14.2 Å². The molecule has 0 bridgehead atoms. The number of nitrogens with zero attached hydrogens (tertiary/aromatic N) is 1. The molecule has 0 N–H and O–H groups in total. The Morgan fingerprint density at radius 1 is 1.00 bits per heavy atom. The Hall–Kier alpha value is -3.41. The SMILES string of the molecule is CC[C@H](C)OC(=O)C1C(C)=NC2=C(C(=O)C[C@H](c3ccc(OC)c(OC)c3)C2)[C@@H]1c1ccc(C)cc1. The number of benzene rings is 2. The Kier molecular flexibility index (Phi) is 7.62. The fraction of sp³-hybridized carbons (Fsp3) is 0.433. The maximum absolute atomic E-state index is 13.8. The largest absolute Gasteiger partial charge is 0.493 e. The number of hydrogen-bond donors (Lipinski definition) is 0. The number of Topliss-reactive ketones (excluding diaryl/α,β-unsaturated/α-hetero) is 1. The van der Waals surface area contributed by atoms with E-state index < -0.39 is 11.8 Å². The van der Waals surface area contributed by atoms with Crippen LogP contribution in [0.1, 0.15) is 68.6 Å². The van der Waals surface area contributed by atoms with Crippen molar-refractivity contribution in [2.75, 3.05) is 14.2 Å². The number of allylic oxidation sites excluding steroid dienone is 2. The highest BCUT2D eigenvalue weighted by Gasteiger charge is 2.45. The molecule has 36 heavy (non-hydrogen) atoms. The van der Waals surface area contributed by atoms with E-state index in [4.69, 9.17) is 19.2 Å². The lowest BCUT2D eigenvalue weighted by Crippen LogP contribution is -2.39. The summed E-state index contributed by atoms with van der Waals surface area (Å²) in [5.41, 5.74) is 5.16. The van der Waals surface area contributed by atoms with Crippen LogP contribution in [0.5, 0.6) is 11.5 Å². The predicted molar refractivity (Wildman–Crippen MR) is 140 cm³/mol. The molecule has 1 unspecified atom stereocenters. The van der Waals surface area contributed by atoms with Crippen molar-refractivity contribution in [1.29, 1.82) is 0 Å². The van der Waals surface area contributed by atoms with Crippen molar-refractivity contribution >= 4 is 17.5 Å². The van der Waals surface area contributed by atoms with Crippen molar-refractivity contribution in [3.63, 3.8) is 0 Å². The molecular weight excluding hydrogens is 454 g/mol. The Morgan fingerprint density at radius 3 is 2.31 bits per heavy atom. The molecular formula is C30H35NO5. The molecule has 2 aromatic rings. The predicted octanol–water partition coefficient (Wildman–Crippen LogP) is 5.93. The van der Waals surface area contributed by atoms with Gasteiger partial charge in [-0.15, -0.1) is 0 Å². The summed E-state index contributed by atoms with van der Waals surface area (Å²) >= 11 is 0. The molecule has 4 atom stereocenters. The van der Waals surface area contributed by atoms with E-state index in [0.29, 0.717) is 35.6 Å². The monoisotopic (exact) mass is 489 g/mol. The molecule has 1 aliphatic carbocycles. The Bertz CT molecular complexity index is 1210. The van der Waals surface area contributed by atoms with E-state index in [2.05, 4.69) is 0 Å². The number of ketones is 1. The van der Waals surface area contributed by atoms with Gasteiger partial charge in [0.25, 0.3) is 0 Å². The molecule has 190 valence electrons. The number of hydrogen-bond acceptors (Lipinski definition) is 6. The first-order valence-electron chi connectivity index (χ1n) is 12.6. The Balaban J connectivity index is 1.76. The van der Waals surface area contributed by atoms with Crippen molar-refractivity contribution in [2.24, 2.45) is 10.9 Å². The maximum Gasteiger partial charge on any atom is 0.315 e. The fourth-order valence-corrected chi connectivity index (χ4v) is 5.20. The third kappa shape index (κ3) is 4.95. The third-order valence-corrected chi connectivity index (χ3v) is 7.35. The van der Waals surface area contributed by atoms with Gasteiger partial charge in [0, 0.05) is 29.3 Å². The Morgan fingerprint density at radius 2 is 1.67 bits per heavy atom. The molecule has 2 aromatic carbocycles. The van der Waals surface area contributed by atoms with Crippen LogP contribution >= 0.6 is 0 Å². The van der Waals surface area contributed by atoms with E-state index in [1.807, 2.05) is 70.2 Å². The highest BCUT2D eigenvalue weighted by Crippen LogP contribution is 2.47. The molecule has 1 aliphatic heterocycles. The molecule has 0 fully saturated rings. The highest BCUT2D eigenvalue weighted by molar-refractivity contribution is 6.09. The zero-order valence-corrected chi connectivity index (χ0v) is 22.0. The van der Waals surface area contributed by atoms with Crippen molar-refractivity contribution in [3.8, 4) is 11.5 Å². The van der Waals surface area contributed by atoms with E-state index in [-0.39, 0.29) is 23.8 Å². The molecule has 1 heterocycles. The number of carbonyl (C=O) groups excluding carboxylic acids is 2. The zero-order valence-electron chi connectivity index (χ0n) is 22.0. The second kappa shape index (κ2) is 10.7. The number of carbonyl (C=O) groups is 2. The molecule has 0 radical (unpaired) electrons. The molecule has 0 saturated heterocycles. The van der Waals surface area contributed by atoms with Gasteiger partial charge in [-0.3, -0.25) is 14.6 Å². The van der Waals surface area contributed by atoms with Crippen LogP contribution in [0.15, 0.2) is 58.7 Å². The van der Waals surface area contributed by atoms with Gasteiger partial charge in [0.1, 0.15) is 5.92 Å². The van der Waals surface area contributed by atoms with Crippen LogP contribution in [-0.4, -0.2) is 37.8 Å². The zero-order chi connectivity index (χ0) is 26.0. The summed E-state index contributed by atoms with van der Waals surface area (Å²) in [7, 11) is 3.21. The molecule has 6 heteroatoms. The van der Waals surface area contributed by atoms with Gasteiger partial charge in [-0.05, 0) is 62.8 Å². The van der Waals surface area contributed by atoms with E-state index in [0.717, 1.165) is 28.8 Å². The van der Waals surface area contributed by atoms with Crippen LogP contribution in [0.2, 0.25) is 0 Å². The molecule has 0 aromatic heterocycles. The summed E-state index contributed by atoms with van der Waals surface area (Å²) in [4.78, 5) is 32.0. The van der Waals surface area contributed by atoms with Gasteiger partial charge in [0.15, 0.2) is 17.3 Å². The van der Waals surface area contributed by atoms with Gasteiger partial charge < -0.3 is 14.2 Å². The third-order valence-electron chi connectivity index (χ3n) is 7.35. The van der Waals surface area contributed by atoms with Crippen molar-refractivity contribution in [3.05, 3.63) is 70.4 Å². The lowest BCUT2D eigenvalue weighted by atomic mass is 9.69. The van der Waals surface area contributed by atoms with Gasteiger partial charge >= 0.3 is 5.97 Å². The molecule has 4 rings (SSSR count). The fourth-order valence-electron chi connectivity index (χ4n) is 5.20. The van der Waals surface area contributed by atoms with E-state index in [1.165, 1.54) is 0 Å². The molecule has 6 nitrogen and oxygen atoms in total. The summed E-state index contributed by atoms with van der Waals surface area (Å²) in [6, 6.07) is 13.9. The number of aliphatic imine (C=N–C) groups is 1. The summed E-state index contributed by atoms with van der Waals surface area (Å²) < 4.78 is 16.6. The molecule has 0 saturated carbocycles. The molecule has 2 aliphatic rings. The standard InChI is InChI=1S/C30H35NO5/c1-7-18(3)36-30(33)27-19(4)31-23-14-22(21-12-13-25(34-5)26(16-21)35-6)15-24(32)29(23)28(27)20-10-8-17(2)9-11-20/h8-13,16,18,22,27-28H,7,14-15H2,1-6H3/t18-,22+,27?,28+/m0/s1. The Labute approximate surface area is 213 Å². The van der Waals surface area contributed by atoms with Crippen LogP contribution < -0.4 is 9.47 Å². The number of methoxy groups -OCH3 is 2. The highest BCUT2D eigenvalue weighted by atomic mass is 16.5. The quantitative estimate of drug-likeness (QED) is 0.451. The maximum atomic E-state index is 13.8. The van der Waals surface area contributed by atoms with Crippen molar-refractivity contribution in [1.82, 2.24) is 0 Å². The summed E-state index contributed by atoms with van der Waals surface area (Å²) in [6.07, 6.45) is 1.49. The number of ether oxygens (including phenoxy) is 3. The van der Waals surface area contributed by atoms with Crippen LogP contribution in [0.4, 0.5) is 0 Å². The number of aryl methyl sites for hydroxylation is 1. The van der Waals surface area contributed by atoms with Gasteiger partial charge in [-0.2, -0.15) is 0 Å². The number of esters is 1. The minimum atomic E-state index is -0.623. The van der Waals surface area contributed by atoms with Gasteiger partial charge in [-0.25, -0.2) is 0 Å². The smallest absolute Gasteiger partial charge is 0.315 e. The van der Waals surface area contributed by atoms with Crippen LogP contribution in [0, 0.1) is 12.8 Å². The molecule has 0 spiro atoms. The van der Waals surface area contributed by atoms with Crippen LogP contribution in [-0.2, 0) is 14.3 Å². The summed E-state index contributed by atoms with van der Waals surface area (Å²) in [5.74, 6) is -0.0740. The first kappa shape index (κ1) is 25.7. The lowest BCUT2D eigenvalue weighted by molar-refractivity contribution is -0.151. The topological polar surface area (TPSA) is 74.2 Å². The van der Waals surface area contributed by atoms with E-state index >= 15 is 0 Å². The minimum absolute atomic E-state index is 0.0270.